The molecule has 0 aliphatic heterocycles. The largest absolute Gasteiger partial charge is 0.392 e. The van der Waals surface area contributed by atoms with Gasteiger partial charge in [0, 0.05) is 12.5 Å². The zero-order valence-corrected chi connectivity index (χ0v) is 13.2. The third kappa shape index (κ3) is 7.05. The van der Waals surface area contributed by atoms with Gasteiger partial charge in [-0.15, -0.1) is 0 Å². The van der Waals surface area contributed by atoms with Crippen molar-refractivity contribution in [1.82, 2.24) is 0 Å². The third-order valence-corrected chi connectivity index (χ3v) is 4.12. The molecule has 0 heterocycles. The highest BCUT2D eigenvalue weighted by atomic mass is 19.1. The van der Waals surface area contributed by atoms with Crippen LogP contribution in [0.4, 0.5) is 4.39 Å². The standard InChI is InChI=1S/C18H30FNO/c1-2-3-4-5-6-7-8-9-18(21)17(14-20)15-10-12-16(19)13-11-15/h10-13,17-18,21H,2-9,14,20H2,1H3. The van der Waals surface area contributed by atoms with Gasteiger partial charge in [0.1, 0.15) is 5.82 Å². The summed E-state index contributed by atoms with van der Waals surface area (Å²) in [6, 6.07) is 6.30. The minimum atomic E-state index is -0.434. The quantitative estimate of drug-likeness (QED) is 0.595. The molecule has 1 aromatic rings. The lowest BCUT2D eigenvalue weighted by Gasteiger charge is -2.22. The monoisotopic (exact) mass is 295 g/mol. The van der Waals surface area contributed by atoms with Gasteiger partial charge in [0.25, 0.3) is 0 Å². The van der Waals surface area contributed by atoms with Crippen molar-refractivity contribution in [2.24, 2.45) is 5.73 Å². The zero-order valence-electron chi connectivity index (χ0n) is 13.2. The summed E-state index contributed by atoms with van der Waals surface area (Å²) in [5.74, 6) is -0.346. The van der Waals surface area contributed by atoms with Gasteiger partial charge in [-0.2, -0.15) is 0 Å². The van der Waals surface area contributed by atoms with E-state index in [0.717, 1.165) is 18.4 Å². The van der Waals surface area contributed by atoms with E-state index in [1.165, 1.54) is 50.7 Å². The Bertz CT molecular complexity index is 366. The Labute approximate surface area is 128 Å². The Balaban J connectivity index is 2.28. The van der Waals surface area contributed by atoms with Gasteiger partial charge in [-0.25, -0.2) is 4.39 Å². The summed E-state index contributed by atoms with van der Waals surface area (Å²) in [6.07, 6.45) is 8.99. The summed E-state index contributed by atoms with van der Waals surface area (Å²) in [5, 5.41) is 10.3. The number of halogens is 1. The van der Waals surface area contributed by atoms with Crippen molar-refractivity contribution in [2.45, 2.75) is 70.3 Å². The molecule has 0 amide bonds. The number of hydrogen-bond acceptors (Lipinski definition) is 2. The summed E-state index contributed by atoms with van der Waals surface area (Å²) in [7, 11) is 0. The number of nitrogens with two attached hydrogens (primary N) is 1. The maximum atomic E-state index is 12.9. The van der Waals surface area contributed by atoms with E-state index in [4.69, 9.17) is 5.73 Å². The van der Waals surface area contributed by atoms with E-state index in [1.54, 1.807) is 12.1 Å². The van der Waals surface area contributed by atoms with Crippen LogP contribution in [-0.4, -0.2) is 17.8 Å². The summed E-state index contributed by atoms with van der Waals surface area (Å²) in [6.45, 7) is 2.61. The van der Waals surface area contributed by atoms with Crippen molar-refractivity contribution in [2.75, 3.05) is 6.54 Å². The fourth-order valence-corrected chi connectivity index (χ4v) is 2.74. The van der Waals surface area contributed by atoms with E-state index < -0.39 is 6.10 Å². The zero-order chi connectivity index (χ0) is 15.5. The van der Waals surface area contributed by atoms with Crippen LogP contribution in [-0.2, 0) is 0 Å². The number of rotatable bonds is 11. The number of unbranched alkanes of at least 4 members (excludes halogenated alkanes) is 6. The summed E-state index contributed by atoms with van der Waals surface area (Å²) < 4.78 is 12.9. The fourth-order valence-electron chi connectivity index (χ4n) is 2.74. The molecular weight excluding hydrogens is 265 g/mol. The minimum Gasteiger partial charge on any atom is -0.392 e. The number of benzene rings is 1. The predicted octanol–water partition coefficient (Wildman–Crippen LogP) is 4.37. The van der Waals surface area contributed by atoms with Gasteiger partial charge >= 0.3 is 0 Å². The van der Waals surface area contributed by atoms with Gasteiger partial charge in [0.15, 0.2) is 0 Å². The van der Waals surface area contributed by atoms with Crippen LogP contribution in [0, 0.1) is 5.82 Å². The molecule has 2 unspecified atom stereocenters. The first-order chi connectivity index (χ1) is 10.2. The smallest absolute Gasteiger partial charge is 0.123 e. The van der Waals surface area contributed by atoms with Crippen LogP contribution in [0.25, 0.3) is 0 Å². The lowest BCUT2D eigenvalue weighted by Crippen LogP contribution is -2.25. The van der Waals surface area contributed by atoms with Crippen LogP contribution >= 0.6 is 0 Å². The fraction of sp³-hybridized carbons (Fsp3) is 0.667. The van der Waals surface area contributed by atoms with Gasteiger partial charge < -0.3 is 10.8 Å². The SMILES string of the molecule is CCCCCCCCCC(O)C(CN)c1ccc(F)cc1. The number of hydrogen-bond donors (Lipinski definition) is 2. The molecular formula is C18H30FNO. The molecule has 0 saturated carbocycles. The van der Waals surface area contributed by atoms with Crippen molar-refractivity contribution >= 4 is 0 Å². The predicted molar refractivity (Wildman–Crippen MR) is 86.8 cm³/mol. The second kappa shape index (κ2) is 10.7. The average molecular weight is 295 g/mol. The normalized spacial score (nSPS) is 14.1. The Kier molecular flexibility index (Phi) is 9.27. The number of aliphatic hydroxyl groups is 1. The highest BCUT2D eigenvalue weighted by molar-refractivity contribution is 5.22. The van der Waals surface area contributed by atoms with Crippen LogP contribution in [0.15, 0.2) is 24.3 Å². The van der Waals surface area contributed by atoms with Crippen LogP contribution in [0.1, 0.15) is 69.8 Å². The highest BCUT2D eigenvalue weighted by Crippen LogP contribution is 2.23. The van der Waals surface area contributed by atoms with Crippen LogP contribution in [0.2, 0.25) is 0 Å². The Hall–Kier alpha value is -0.930. The van der Waals surface area contributed by atoms with E-state index in [2.05, 4.69) is 6.92 Å². The molecule has 0 aliphatic rings. The second-order valence-corrected chi connectivity index (χ2v) is 5.87. The highest BCUT2D eigenvalue weighted by Gasteiger charge is 2.19. The molecule has 1 rings (SSSR count). The molecule has 21 heavy (non-hydrogen) atoms. The molecule has 1 aromatic carbocycles. The van der Waals surface area contributed by atoms with E-state index in [0.29, 0.717) is 6.54 Å². The summed E-state index contributed by atoms with van der Waals surface area (Å²) in [4.78, 5) is 0. The van der Waals surface area contributed by atoms with Crippen molar-refractivity contribution in [3.8, 4) is 0 Å². The molecule has 0 aliphatic carbocycles. The van der Waals surface area contributed by atoms with Crippen LogP contribution < -0.4 is 5.73 Å². The molecule has 0 radical (unpaired) electrons. The van der Waals surface area contributed by atoms with Crippen molar-refractivity contribution in [3.63, 3.8) is 0 Å². The molecule has 0 fully saturated rings. The third-order valence-electron chi connectivity index (χ3n) is 4.12. The van der Waals surface area contributed by atoms with E-state index in [1.807, 2.05) is 0 Å². The number of aliphatic hydroxyl groups excluding tert-OH is 1. The van der Waals surface area contributed by atoms with Gasteiger partial charge in [0.2, 0.25) is 0 Å². The molecule has 3 heteroatoms. The van der Waals surface area contributed by atoms with E-state index >= 15 is 0 Å². The first kappa shape index (κ1) is 18.1. The van der Waals surface area contributed by atoms with Crippen LogP contribution in [0.3, 0.4) is 0 Å². The summed E-state index contributed by atoms with van der Waals surface area (Å²) >= 11 is 0. The molecule has 0 spiro atoms. The van der Waals surface area contributed by atoms with Crippen molar-refractivity contribution in [1.29, 1.82) is 0 Å². The van der Waals surface area contributed by atoms with Crippen LogP contribution in [0.5, 0.6) is 0 Å². The Morgan fingerprint density at radius 1 is 1.00 bits per heavy atom. The first-order valence-electron chi connectivity index (χ1n) is 8.32. The first-order valence-corrected chi connectivity index (χ1v) is 8.32. The van der Waals surface area contributed by atoms with Crippen molar-refractivity contribution < 1.29 is 9.50 Å². The molecule has 0 bridgehead atoms. The molecule has 0 aromatic heterocycles. The summed E-state index contributed by atoms with van der Waals surface area (Å²) in [5.41, 5.74) is 6.70. The van der Waals surface area contributed by atoms with Crippen molar-refractivity contribution in [3.05, 3.63) is 35.6 Å². The average Bonchev–Trinajstić information content (AvgIpc) is 2.49. The molecule has 3 N–H and O–H groups in total. The van der Waals surface area contributed by atoms with Gasteiger partial charge in [-0.3, -0.25) is 0 Å². The Morgan fingerprint density at radius 3 is 2.14 bits per heavy atom. The maximum absolute atomic E-state index is 12.9. The molecule has 0 saturated heterocycles. The second-order valence-electron chi connectivity index (χ2n) is 5.87. The van der Waals surface area contributed by atoms with Gasteiger partial charge in [-0.1, -0.05) is 64.0 Å². The Morgan fingerprint density at radius 2 is 1.57 bits per heavy atom. The molecule has 2 nitrogen and oxygen atoms in total. The van der Waals surface area contributed by atoms with E-state index in [9.17, 15) is 9.50 Å². The lowest BCUT2D eigenvalue weighted by molar-refractivity contribution is 0.132. The maximum Gasteiger partial charge on any atom is 0.123 e. The van der Waals surface area contributed by atoms with E-state index in [-0.39, 0.29) is 11.7 Å². The lowest BCUT2D eigenvalue weighted by atomic mass is 9.90. The topological polar surface area (TPSA) is 46.2 Å². The molecule has 120 valence electrons. The van der Waals surface area contributed by atoms with Gasteiger partial charge in [-0.05, 0) is 24.1 Å². The molecule has 2 atom stereocenters. The minimum absolute atomic E-state index is 0.0920. The van der Waals surface area contributed by atoms with Gasteiger partial charge in [0.05, 0.1) is 6.10 Å².